The van der Waals surface area contributed by atoms with Crippen LogP contribution in [-0.4, -0.2) is 49.0 Å². The van der Waals surface area contributed by atoms with Gasteiger partial charge in [0.05, 0.1) is 18.8 Å². The molecule has 5 nitrogen and oxygen atoms in total. The van der Waals surface area contributed by atoms with E-state index in [4.69, 9.17) is 14.2 Å². The van der Waals surface area contributed by atoms with Crippen LogP contribution in [0.15, 0.2) is 30.3 Å². The van der Waals surface area contributed by atoms with Crippen molar-refractivity contribution in [1.82, 2.24) is 4.90 Å². The molecule has 25 heavy (non-hydrogen) atoms. The Bertz CT molecular complexity index is 520. The maximum atomic E-state index is 11.8. The third-order valence-electron chi connectivity index (χ3n) is 4.08. The standard InChI is InChI=1S/C20H31NO4/c1-20(2,3)25-19(22)21(4)11-8-12-23-17-13-18(14-17)24-15-16-9-6-5-7-10-16/h5-7,9-10,17-18H,8,11-15H2,1-4H3. The summed E-state index contributed by atoms with van der Waals surface area (Å²) in [6, 6.07) is 10.2. The molecule has 0 radical (unpaired) electrons. The van der Waals surface area contributed by atoms with Crippen molar-refractivity contribution < 1.29 is 19.0 Å². The highest BCUT2D eigenvalue weighted by Crippen LogP contribution is 2.27. The summed E-state index contributed by atoms with van der Waals surface area (Å²) in [5, 5.41) is 0. The molecule has 1 aromatic carbocycles. The van der Waals surface area contributed by atoms with Gasteiger partial charge < -0.3 is 19.1 Å². The number of carbonyl (C=O) groups is 1. The summed E-state index contributed by atoms with van der Waals surface area (Å²) >= 11 is 0. The zero-order valence-electron chi connectivity index (χ0n) is 15.9. The van der Waals surface area contributed by atoms with Gasteiger partial charge in [-0.15, -0.1) is 0 Å². The van der Waals surface area contributed by atoms with Crippen LogP contribution in [0.5, 0.6) is 0 Å². The monoisotopic (exact) mass is 349 g/mol. The van der Waals surface area contributed by atoms with Gasteiger partial charge in [-0.05, 0) is 45.6 Å². The summed E-state index contributed by atoms with van der Waals surface area (Å²) in [6.45, 7) is 7.57. The van der Waals surface area contributed by atoms with Crippen LogP contribution in [0.3, 0.4) is 0 Å². The summed E-state index contributed by atoms with van der Waals surface area (Å²) in [6.07, 6.45) is 3.01. The predicted octanol–water partition coefficient (Wildman–Crippen LogP) is 4.01. The quantitative estimate of drug-likeness (QED) is 0.666. The molecule has 5 heteroatoms. The third kappa shape index (κ3) is 7.45. The van der Waals surface area contributed by atoms with Crippen LogP contribution in [0, 0.1) is 0 Å². The lowest BCUT2D eigenvalue weighted by Crippen LogP contribution is -2.38. The maximum Gasteiger partial charge on any atom is 0.410 e. The van der Waals surface area contributed by atoms with E-state index in [0.717, 1.165) is 19.3 Å². The normalized spacial score (nSPS) is 20.0. The number of carbonyl (C=O) groups excluding carboxylic acids is 1. The first-order chi connectivity index (χ1) is 11.8. The van der Waals surface area contributed by atoms with E-state index in [1.54, 1.807) is 11.9 Å². The molecule has 0 aromatic heterocycles. The smallest absolute Gasteiger partial charge is 0.410 e. The number of amides is 1. The van der Waals surface area contributed by atoms with Gasteiger partial charge in [-0.25, -0.2) is 4.79 Å². The molecular weight excluding hydrogens is 318 g/mol. The molecule has 2 rings (SSSR count). The fourth-order valence-corrected chi connectivity index (χ4v) is 2.56. The molecule has 0 atom stereocenters. The maximum absolute atomic E-state index is 11.8. The molecule has 1 aromatic rings. The highest BCUT2D eigenvalue weighted by molar-refractivity contribution is 5.67. The van der Waals surface area contributed by atoms with Crippen molar-refractivity contribution in [1.29, 1.82) is 0 Å². The fraction of sp³-hybridized carbons (Fsp3) is 0.650. The lowest BCUT2D eigenvalue weighted by Gasteiger charge is -2.35. The summed E-state index contributed by atoms with van der Waals surface area (Å²) in [5.41, 5.74) is 0.750. The third-order valence-corrected chi connectivity index (χ3v) is 4.08. The van der Waals surface area contributed by atoms with Gasteiger partial charge in [0.2, 0.25) is 0 Å². The molecule has 0 heterocycles. The molecule has 1 aliphatic rings. The first kappa shape index (κ1) is 19.7. The number of ether oxygens (including phenoxy) is 3. The van der Waals surface area contributed by atoms with Gasteiger partial charge >= 0.3 is 6.09 Å². The van der Waals surface area contributed by atoms with E-state index in [1.165, 1.54) is 5.56 Å². The van der Waals surface area contributed by atoms with E-state index >= 15 is 0 Å². The topological polar surface area (TPSA) is 48.0 Å². The number of rotatable bonds is 8. The van der Waals surface area contributed by atoms with Gasteiger partial charge in [-0.2, -0.15) is 0 Å². The van der Waals surface area contributed by atoms with Gasteiger partial charge in [0, 0.05) is 20.2 Å². The molecule has 0 unspecified atom stereocenters. The zero-order valence-corrected chi connectivity index (χ0v) is 15.9. The summed E-state index contributed by atoms with van der Waals surface area (Å²) in [7, 11) is 1.75. The Labute approximate surface area is 151 Å². The SMILES string of the molecule is CN(CCCOC1CC(OCc2ccccc2)C1)C(=O)OC(C)(C)C. The molecule has 1 aliphatic carbocycles. The van der Waals surface area contributed by atoms with E-state index in [-0.39, 0.29) is 12.2 Å². The Kier molecular flexibility index (Phi) is 7.26. The second kappa shape index (κ2) is 9.20. The summed E-state index contributed by atoms with van der Waals surface area (Å²) in [5.74, 6) is 0. The average Bonchev–Trinajstić information content (AvgIpc) is 2.51. The highest BCUT2D eigenvalue weighted by Gasteiger charge is 2.30. The van der Waals surface area contributed by atoms with Crippen LogP contribution in [0.4, 0.5) is 4.79 Å². The molecule has 1 fully saturated rings. The van der Waals surface area contributed by atoms with Crippen molar-refractivity contribution in [2.24, 2.45) is 0 Å². The second-order valence-corrected chi connectivity index (χ2v) is 7.64. The first-order valence-corrected chi connectivity index (χ1v) is 9.05. The van der Waals surface area contributed by atoms with Crippen LogP contribution in [0.2, 0.25) is 0 Å². The second-order valence-electron chi connectivity index (χ2n) is 7.64. The van der Waals surface area contributed by atoms with Gasteiger partial charge in [-0.1, -0.05) is 30.3 Å². The lowest BCUT2D eigenvalue weighted by molar-refractivity contribution is -0.107. The first-order valence-electron chi connectivity index (χ1n) is 9.05. The molecule has 0 aliphatic heterocycles. The zero-order chi connectivity index (χ0) is 18.3. The van der Waals surface area contributed by atoms with E-state index in [0.29, 0.717) is 25.9 Å². The molecular formula is C20H31NO4. The Morgan fingerprint density at radius 3 is 2.40 bits per heavy atom. The van der Waals surface area contributed by atoms with Gasteiger partial charge in [-0.3, -0.25) is 0 Å². The molecule has 0 bridgehead atoms. The van der Waals surface area contributed by atoms with Crippen LogP contribution in [0.25, 0.3) is 0 Å². The average molecular weight is 349 g/mol. The Balaban J connectivity index is 1.49. The molecule has 140 valence electrons. The number of nitrogens with zero attached hydrogens (tertiary/aromatic N) is 1. The Morgan fingerprint density at radius 2 is 1.76 bits per heavy atom. The largest absolute Gasteiger partial charge is 0.444 e. The van der Waals surface area contributed by atoms with Crippen LogP contribution < -0.4 is 0 Å². The minimum atomic E-state index is -0.456. The fourth-order valence-electron chi connectivity index (χ4n) is 2.56. The molecule has 0 N–H and O–H groups in total. The van der Waals surface area contributed by atoms with Crippen molar-refractivity contribution >= 4 is 6.09 Å². The van der Waals surface area contributed by atoms with E-state index < -0.39 is 5.60 Å². The predicted molar refractivity (Wildman–Crippen MR) is 97.5 cm³/mol. The van der Waals surface area contributed by atoms with Gasteiger partial charge in [0.25, 0.3) is 0 Å². The van der Waals surface area contributed by atoms with Crippen molar-refractivity contribution in [3.63, 3.8) is 0 Å². The van der Waals surface area contributed by atoms with E-state index in [9.17, 15) is 4.79 Å². The van der Waals surface area contributed by atoms with Gasteiger partial charge in [0.15, 0.2) is 0 Å². The minimum absolute atomic E-state index is 0.285. The van der Waals surface area contributed by atoms with Crippen molar-refractivity contribution in [2.75, 3.05) is 20.2 Å². The van der Waals surface area contributed by atoms with Crippen LogP contribution in [-0.2, 0) is 20.8 Å². The number of benzene rings is 1. The van der Waals surface area contributed by atoms with Crippen molar-refractivity contribution in [2.45, 2.75) is 64.4 Å². The molecule has 0 spiro atoms. The number of hydrogen-bond donors (Lipinski definition) is 0. The minimum Gasteiger partial charge on any atom is -0.444 e. The van der Waals surface area contributed by atoms with Gasteiger partial charge in [0.1, 0.15) is 5.60 Å². The number of hydrogen-bond acceptors (Lipinski definition) is 4. The Morgan fingerprint density at radius 1 is 1.12 bits per heavy atom. The molecule has 1 amide bonds. The molecule has 0 saturated heterocycles. The molecule has 1 saturated carbocycles. The summed E-state index contributed by atoms with van der Waals surface area (Å²) in [4.78, 5) is 13.4. The highest BCUT2D eigenvalue weighted by atomic mass is 16.6. The summed E-state index contributed by atoms with van der Waals surface area (Å²) < 4.78 is 17.0. The van der Waals surface area contributed by atoms with Crippen molar-refractivity contribution in [3.05, 3.63) is 35.9 Å². The van der Waals surface area contributed by atoms with Crippen LogP contribution >= 0.6 is 0 Å². The van der Waals surface area contributed by atoms with Crippen LogP contribution in [0.1, 0.15) is 45.6 Å². The van der Waals surface area contributed by atoms with Crippen molar-refractivity contribution in [3.8, 4) is 0 Å². The Hall–Kier alpha value is -1.59. The van der Waals surface area contributed by atoms with E-state index in [2.05, 4.69) is 12.1 Å². The lowest BCUT2D eigenvalue weighted by atomic mass is 9.92. The van der Waals surface area contributed by atoms with E-state index in [1.807, 2.05) is 39.0 Å².